The second-order valence-corrected chi connectivity index (χ2v) is 9.95. The van der Waals surface area contributed by atoms with Gasteiger partial charge in [-0.1, -0.05) is 12.1 Å². The van der Waals surface area contributed by atoms with Gasteiger partial charge in [0.05, 0.1) is 34.2 Å². The van der Waals surface area contributed by atoms with Gasteiger partial charge in [0.2, 0.25) is 0 Å². The summed E-state index contributed by atoms with van der Waals surface area (Å²) in [6, 6.07) is 11.4. The Bertz CT molecular complexity index is 1440. The Morgan fingerprint density at radius 3 is 2.56 bits per heavy atom. The highest BCUT2D eigenvalue weighted by atomic mass is 16.6. The van der Waals surface area contributed by atoms with E-state index in [2.05, 4.69) is 26.2 Å². The number of nitro groups is 1. The molecule has 214 valence electrons. The van der Waals surface area contributed by atoms with Gasteiger partial charge in [0, 0.05) is 55.9 Å². The van der Waals surface area contributed by atoms with Crippen LogP contribution in [0.2, 0.25) is 0 Å². The highest BCUT2D eigenvalue weighted by molar-refractivity contribution is 5.99. The van der Waals surface area contributed by atoms with Crippen LogP contribution in [0.3, 0.4) is 0 Å². The summed E-state index contributed by atoms with van der Waals surface area (Å²) in [4.78, 5) is 45.0. The monoisotopic (exact) mass is 560 g/mol. The highest BCUT2D eigenvalue weighted by Crippen LogP contribution is 2.39. The Morgan fingerprint density at radius 2 is 1.88 bits per heavy atom. The third-order valence-electron chi connectivity index (χ3n) is 7.31. The fraction of sp³-hybridized carbons (Fsp3) is 0.379. The quantitative estimate of drug-likeness (QED) is 0.190. The molecule has 2 aliphatic heterocycles. The lowest BCUT2D eigenvalue weighted by Gasteiger charge is -2.35. The van der Waals surface area contributed by atoms with Crippen LogP contribution in [-0.2, 0) is 14.3 Å². The molecule has 0 radical (unpaired) electrons. The number of anilines is 1. The molecule has 2 aromatic rings. The van der Waals surface area contributed by atoms with Crippen LogP contribution >= 0.6 is 0 Å². The number of carboxylic acid groups (broad SMARTS) is 1. The topological polar surface area (TPSA) is 162 Å². The zero-order valence-corrected chi connectivity index (χ0v) is 23.0. The summed E-state index contributed by atoms with van der Waals surface area (Å²) in [7, 11) is 0. The van der Waals surface area contributed by atoms with Crippen molar-refractivity contribution in [3.05, 3.63) is 86.4 Å². The van der Waals surface area contributed by atoms with Gasteiger partial charge in [0.1, 0.15) is 11.9 Å². The van der Waals surface area contributed by atoms with E-state index in [-0.39, 0.29) is 23.4 Å². The number of nitriles is 1. The number of unbranched alkanes of at least 4 members (excludes halogenated alkanes) is 1. The molecule has 2 N–H and O–H groups in total. The van der Waals surface area contributed by atoms with Gasteiger partial charge in [-0.2, -0.15) is 5.26 Å². The maximum Gasteiger partial charge on any atom is 0.336 e. The molecule has 0 aliphatic carbocycles. The Kier molecular flexibility index (Phi) is 9.31. The van der Waals surface area contributed by atoms with E-state index in [1.807, 2.05) is 0 Å². The average molecular weight is 561 g/mol. The van der Waals surface area contributed by atoms with Crippen molar-refractivity contribution >= 4 is 23.4 Å². The second kappa shape index (κ2) is 13.1. The lowest BCUT2D eigenvalue weighted by molar-refractivity contribution is -0.384. The number of ether oxygens (including phenoxy) is 1. The first-order chi connectivity index (χ1) is 19.7. The molecule has 12 heteroatoms. The fourth-order valence-electron chi connectivity index (χ4n) is 5.30. The maximum absolute atomic E-state index is 13.3. The van der Waals surface area contributed by atoms with E-state index in [9.17, 15) is 30.1 Å². The summed E-state index contributed by atoms with van der Waals surface area (Å²) in [5.74, 6) is -2.19. The second-order valence-electron chi connectivity index (χ2n) is 9.95. The number of nitro benzene ring substituents is 1. The van der Waals surface area contributed by atoms with Gasteiger partial charge in [0.15, 0.2) is 0 Å². The van der Waals surface area contributed by atoms with E-state index in [0.29, 0.717) is 34.8 Å². The molecule has 12 nitrogen and oxygen atoms in total. The number of piperazine rings is 1. The zero-order valence-electron chi connectivity index (χ0n) is 23.0. The van der Waals surface area contributed by atoms with Gasteiger partial charge >= 0.3 is 11.9 Å². The van der Waals surface area contributed by atoms with E-state index >= 15 is 0 Å². The van der Waals surface area contributed by atoms with Crippen LogP contribution in [0, 0.1) is 21.4 Å². The summed E-state index contributed by atoms with van der Waals surface area (Å²) in [5, 5.41) is 33.6. The number of pyridine rings is 1. The minimum absolute atomic E-state index is 0.0604. The van der Waals surface area contributed by atoms with Crippen LogP contribution in [0.5, 0.6) is 0 Å². The number of nitrogens with zero attached hydrogens (tertiary/aromatic N) is 5. The van der Waals surface area contributed by atoms with Gasteiger partial charge < -0.3 is 20.1 Å². The fourth-order valence-corrected chi connectivity index (χ4v) is 5.30. The number of carbonyl (C=O) groups excluding carboxylic acids is 1. The third-order valence-corrected chi connectivity index (χ3v) is 7.31. The Hall–Kier alpha value is -4.76. The van der Waals surface area contributed by atoms with E-state index in [1.54, 1.807) is 38.2 Å². The SMILES string of the molecule is CC1=C(C(=O)O)C(c2cccc([N+](=O)[O-])c2)C(C(=O)OCCCCN2CCN(c3ncccc3C#N)CC2)=C(C)N1. The lowest BCUT2D eigenvalue weighted by Crippen LogP contribution is -2.47. The van der Waals surface area contributed by atoms with E-state index in [1.165, 1.54) is 18.2 Å². The van der Waals surface area contributed by atoms with E-state index < -0.39 is 22.8 Å². The van der Waals surface area contributed by atoms with Crippen LogP contribution in [0.4, 0.5) is 11.5 Å². The smallest absolute Gasteiger partial charge is 0.336 e. The van der Waals surface area contributed by atoms with Crippen molar-refractivity contribution in [2.24, 2.45) is 0 Å². The molecule has 3 heterocycles. The molecule has 1 aromatic carbocycles. The Morgan fingerprint density at radius 1 is 1.15 bits per heavy atom. The van der Waals surface area contributed by atoms with Gasteiger partial charge in [0.25, 0.3) is 5.69 Å². The van der Waals surface area contributed by atoms with Crippen molar-refractivity contribution < 1.29 is 24.4 Å². The number of allylic oxidation sites excluding steroid dienone is 2. The maximum atomic E-state index is 13.3. The van der Waals surface area contributed by atoms with Crippen LogP contribution in [-0.4, -0.2) is 71.2 Å². The van der Waals surface area contributed by atoms with Crippen molar-refractivity contribution in [2.75, 3.05) is 44.2 Å². The number of non-ortho nitro benzene ring substituents is 1. The molecule has 1 fully saturated rings. The largest absolute Gasteiger partial charge is 0.478 e. The number of aliphatic carboxylic acids is 1. The average Bonchev–Trinajstić information content (AvgIpc) is 2.96. The normalized spacial score (nSPS) is 17.6. The first-order valence-corrected chi connectivity index (χ1v) is 13.4. The van der Waals surface area contributed by atoms with Crippen molar-refractivity contribution in [3.63, 3.8) is 0 Å². The number of aromatic nitrogens is 1. The van der Waals surface area contributed by atoms with Crippen molar-refractivity contribution in [3.8, 4) is 6.07 Å². The Labute approximate surface area is 237 Å². The number of hydrogen-bond donors (Lipinski definition) is 2. The molecule has 0 saturated carbocycles. The van der Waals surface area contributed by atoms with Gasteiger partial charge in [-0.25, -0.2) is 14.6 Å². The van der Waals surface area contributed by atoms with Crippen molar-refractivity contribution in [1.29, 1.82) is 5.26 Å². The number of rotatable bonds is 10. The van der Waals surface area contributed by atoms with Gasteiger partial charge in [-0.15, -0.1) is 0 Å². The standard InChI is InChI=1S/C29H32N6O6/c1-19-24(28(36)37)26(21-7-5-9-23(17-21)35(39)40)25(20(2)32-19)29(38)41-16-4-3-11-33-12-14-34(15-13-33)27-22(18-30)8-6-10-31-27/h5-10,17,26,32H,3-4,11-16H2,1-2H3,(H,36,37). The molecule has 1 atom stereocenters. The molecule has 4 rings (SSSR count). The number of dihydropyridines is 1. The van der Waals surface area contributed by atoms with Crippen LogP contribution < -0.4 is 10.2 Å². The summed E-state index contributed by atoms with van der Waals surface area (Å²) in [6.07, 6.45) is 3.10. The van der Waals surface area contributed by atoms with Gasteiger partial charge in [-0.3, -0.25) is 15.0 Å². The molecular formula is C29H32N6O6. The van der Waals surface area contributed by atoms with Crippen LogP contribution in [0.15, 0.2) is 65.1 Å². The first kappa shape index (κ1) is 29.2. The zero-order chi connectivity index (χ0) is 29.5. The summed E-state index contributed by atoms with van der Waals surface area (Å²) in [5.41, 5.74) is 1.56. The number of carboxylic acids is 1. The molecule has 0 spiro atoms. The Balaban J connectivity index is 1.33. The molecule has 41 heavy (non-hydrogen) atoms. The predicted molar refractivity (Wildman–Crippen MR) is 150 cm³/mol. The molecule has 1 saturated heterocycles. The lowest BCUT2D eigenvalue weighted by atomic mass is 9.80. The van der Waals surface area contributed by atoms with Gasteiger partial charge in [-0.05, 0) is 50.9 Å². The number of esters is 1. The minimum Gasteiger partial charge on any atom is -0.478 e. The van der Waals surface area contributed by atoms with Crippen LogP contribution in [0.1, 0.15) is 43.7 Å². The first-order valence-electron chi connectivity index (χ1n) is 13.4. The predicted octanol–water partition coefficient (Wildman–Crippen LogP) is 3.33. The van der Waals surface area contributed by atoms with Crippen molar-refractivity contribution in [2.45, 2.75) is 32.6 Å². The van der Waals surface area contributed by atoms with Crippen LogP contribution in [0.25, 0.3) is 0 Å². The molecular weight excluding hydrogens is 528 g/mol. The highest BCUT2D eigenvalue weighted by Gasteiger charge is 2.37. The van der Waals surface area contributed by atoms with E-state index in [0.717, 1.165) is 39.1 Å². The van der Waals surface area contributed by atoms with E-state index in [4.69, 9.17) is 4.74 Å². The molecule has 1 aromatic heterocycles. The summed E-state index contributed by atoms with van der Waals surface area (Å²) < 4.78 is 5.58. The molecule has 2 aliphatic rings. The third kappa shape index (κ3) is 6.70. The number of benzene rings is 1. The van der Waals surface area contributed by atoms with Crippen molar-refractivity contribution in [1.82, 2.24) is 15.2 Å². The number of nitrogens with one attached hydrogen (secondary N) is 1. The number of hydrogen-bond acceptors (Lipinski definition) is 10. The molecule has 1 unspecified atom stereocenters. The summed E-state index contributed by atoms with van der Waals surface area (Å²) >= 11 is 0. The molecule has 0 amide bonds. The molecule has 0 bridgehead atoms. The summed E-state index contributed by atoms with van der Waals surface area (Å²) in [6.45, 7) is 7.41. The number of carbonyl (C=O) groups is 2. The minimum atomic E-state index is -1.23.